The Hall–Kier alpha value is -1.29. The molecule has 0 aliphatic heterocycles. The third kappa shape index (κ3) is 19.2. The number of rotatable bonds is 0. The zero-order valence-corrected chi connectivity index (χ0v) is 11.0. The van der Waals surface area contributed by atoms with Gasteiger partial charge in [-0.25, -0.2) is 0 Å². The normalized spacial score (nSPS) is 6.20. The summed E-state index contributed by atoms with van der Waals surface area (Å²) < 4.78 is 0. The highest BCUT2D eigenvalue weighted by Crippen LogP contribution is 1.89. The van der Waals surface area contributed by atoms with E-state index in [9.17, 15) is 0 Å². The lowest BCUT2D eigenvalue weighted by Gasteiger charge is -1.81. The minimum Gasteiger partial charge on any atom is -0.263 e. The van der Waals surface area contributed by atoms with Gasteiger partial charge in [0.2, 0.25) is 0 Å². The second-order valence-corrected chi connectivity index (χ2v) is 2.09. The van der Waals surface area contributed by atoms with E-state index >= 15 is 0 Å². The Balaban J connectivity index is -0.000000176. The molecule has 0 saturated carbocycles. The highest BCUT2D eigenvalue weighted by molar-refractivity contribution is 5.27. The van der Waals surface area contributed by atoms with E-state index in [1.54, 1.807) is 12.4 Å². The molecule has 1 nitrogen and oxygen atoms in total. The average molecular weight is 207 g/mol. The van der Waals surface area contributed by atoms with E-state index in [0.717, 1.165) is 5.56 Å². The van der Waals surface area contributed by atoms with E-state index in [1.165, 1.54) is 6.42 Å². The molecule has 86 valence electrons. The Labute approximate surface area is 96.0 Å². The molecule has 0 bridgehead atoms. The number of terminal acetylenes is 1. The maximum absolute atomic E-state index is 5.06. The van der Waals surface area contributed by atoms with Crippen molar-refractivity contribution in [1.82, 2.24) is 4.98 Å². The van der Waals surface area contributed by atoms with Gasteiger partial charge in [-0.3, -0.25) is 4.98 Å². The first-order chi connectivity index (χ1) is 7.35. The molecule has 1 rings (SSSR count). The molecule has 1 aromatic heterocycles. The smallest absolute Gasteiger partial charge is 0.0426 e. The molecular formula is C14H25N. The van der Waals surface area contributed by atoms with Crippen molar-refractivity contribution in [2.45, 2.75) is 48.0 Å². The highest BCUT2D eigenvalue weighted by atomic mass is 14.6. The van der Waals surface area contributed by atoms with E-state index in [0.29, 0.717) is 0 Å². The summed E-state index contributed by atoms with van der Waals surface area (Å²) in [7, 11) is 0. The molecule has 0 aromatic carbocycles. The van der Waals surface area contributed by atoms with Gasteiger partial charge < -0.3 is 0 Å². The van der Waals surface area contributed by atoms with E-state index in [1.807, 2.05) is 39.8 Å². The first kappa shape index (κ1) is 19.3. The van der Waals surface area contributed by atoms with Crippen LogP contribution in [0.4, 0.5) is 0 Å². The molecule has 0 unspecified atom stereocenters. The van der Waals surface area contributed by atoms with Crippen LogP contribution in [0.5, 0.6) is 0 Å². The second-order valence-electron chi connectivity index (χ2n) is 2.09. The van der Waals surface area contributed by atoms with Gasteiger partial charge in [0.1, 0.15) is 0 Å². The molecular weight excluding hydrogens is 182 g/mol. The molecule has 1 heterocycles. The molecule has 0 aliphatic rings. The first-order valence-corrected chi connectivity index (χ1v) is 5.71. The Kier molecular flexibility index (Phi) is 29.6. The summed E-state index contributed by atoms with van der Waals surface area (Å²) in [6, 6.07) is 3.65. The zero-order valence-electron chi connectivity index (χ0n) is 11.0. The molecule has 0 fully saturated rings. The van der Waals surface area contributed by atoms with Gasteiger partial charge in [-0.15, -0.1) is 6.42 Å². The molecule has 0 amide bonds. The van der Waals surface area contributed by atoms with E-state index < -0.39 is 0 Å². The maximum atomic E-state index is 5.06. The fourth-order valence-corrected chi connectivity index (χ4v) is 0.448. The number of hydrogen-bond donors (Lipinski definition) is 0. The standard InChI is InChI=1S/C7H5N.C3H8.2C2H6/c1-2-7-4-3-5-8-6-7;1-3-2;2*1-2/h1,3-6H;3H2,1-2H3;2*1-2H3. The predicted octanol–water partition coefficient (Wildman–Crippen LogP) is 4.53. The van der Waals surface area contributed by atoms with Crippen LogP contribution in [-0.2, 0) is 0 Å². The molecule has 1 aromatic rings. The Morgan fingerprint density at radius 2 is 1.67 bits per heavy atom. The van der Waals surface area contributed by atoms with Crippen LogP contribution in [0.25, 0.3) is 0 Å². The topological polar surface area (TPSA) is 12.9 Å². The molecule has 0 atom stereocenters. The first-order valence-electron chi connectivity index (χ1n) is 5.71. The van der Waals surface area contributed by atoms with Crippen LogP contribution < -0.4 is 0 Å². The quantitative estimate of drug-likeness (QED) is 0.569. The minimum absolute atomic E-state index is 0.826. The van der Waals surface area contributed by atoms with Crippen molar-refractivity contribution in [3.63, 3.8) is 0 Å². The monoisotopic (exact) mass is 207 g/mol. The summed E-state index contributed by atoms with van der Waals surface area (Å²) in [5.41, 5.74) is 0.826. The van der Waals surface area contributed by atoms with Crippen molar-refractivity contribution in [2.24, 2.45) is 0 Å². The van der Waals surface area contributed by atoms with Crippen LogP contribution >= 0.6 is 0 Å². The third-order valence-corrected chi connectivity index (χ3v) is 0.828. The van der Waals surface area contributed by atoms with E-state index in [2.05, 4.69) is 24.8 Å². The van der Waals surface area contributed by atoms with Gasteiger partial charge in [0.15, 0.2) is 0 Å². The largest absolute Gasteiger partial charge is 0.263 e. The van der Waals surface area contributed by atoms with Crippen LogP contribution in [-0.4, -0.2) is 4.98 Å². The second kappa shape index (κ2) is 23.0. The predicted molar refractivity (Wildman–Crippen MR) is 70.8 cm³/mol. The maximum Gasteiger partial charge on any atom is 0.0426 e. The summed E-state index contributed by atoms with van der Waals surface area (Å²) in [5.74, 6) is 2.46. The number of nitrogens with zero attached hydrogens (tertiary/aromatic N) is 1. The summed E-state index contributed by atoms with van der Waals surface area (Å²) >= 11 is 0. The SMILES string of the molecule is C#Cc1cccnc1.CC.CC.CCC. The van der Waals surface area contributed by atoms with Crippen molar-refractivity contribution in [1.29, 1.82) is 0 Å². The molecule has 0 aliphatic carbocycles. The number of hydrogen-bond acceptors (Lipinski definition) is 1. The molecule has 15 heavy (non-hydrogen) atoms. The van der Waals surface area contributed by atoms with Gasteiger partial charge in [-0.2, -0.15) is 0 Å². The van der Waals surface area contributed by atoms with Crippen molar-refractivity contribution >= 4 is 0 Å². The van der Waals surface area contributed by atoms with Crippen molar-refractivity contribution in [3.8, 4) is 12.3 Å². The van der Waals surface area contributed by atoms with Crippen LogP contribution in [0.2, 0.25) is 0 Å². The van der Waals surface area contributed by atoms with Gasteiger partial charge in [0, 0.05) is 18.0 Å². The zero-order chi connectivity index (χ0) is 12.5. The average Bonchev–Trinajstić information content (AvgIpc) is 2.36. The Bertz CT molecular complexity index is 209. The van der Waals surface area contributed by atoms with Gasteiger partial charge in [-0.05, 0) is 12.1 Å². The van der Waals surface area contributed by atoms with Crippen molar-refractivity contribution in [2.75, 3.05) is 0 Å². The molecule has 0 saturated heterocycles. The van der Waals surface area contributed by atoms with Gasteiger partial charge in [0.25, 0.3) is 0 Å². The summed E-state index contributed by atoms with van der Waals surface area (Å²) in [4.78, 5) is 3.81. The van der Waals surface area contributed by atoms with E-state index in [-0.39, 0.29) is 0 Å². The fraction of sp³-hybridized carbons (Fsp3) is 0.500. The summed E-state index contributed by atoms with van der Waals surface area (Å²) in [5, 5.41) is 0. The van der Waals surface area contributed by atoms with Gasteiger partial charge in [-0.1, -0.05) is 53.9 Å². The number of aromatic nitrogens is 1. The minimum atomic E-state index is 0.826. The molecule has 0 spiro atoms. The fourth-order valence-electron chi connectivity index (χ4n) is 0.448. The summed E-state index contributed by atoms with van der Waals surface area (Å²) in [6.07, 6.45) is 9.66. The lowest BCUT2D eigenvalue weighted by Crippen LogP contribution is -1.72. The van der Waals surface area contributed by atoms with Crippen LogP contribution in [0.3, 0.4) is 0 Å². The van der Waals surface area contributed by atoms with Crippen molar-refractivity contribution < 1.29 is 0 Å². The van der Waals surface area contributed by atoms with Crippen LogP contribution in [0.15, 0.2) is 24.5 Å². The van der Waals surface area contributed by atoms with Crippen LogP contribution in [0.1, 0.15) is 53.5 Å². The summed E-state index contributed by atoms with van der Waals surface area (Å²) in [6.45, 7) is 12.2. The van der Waals surface area contributed by atoms with Gasteiger partial charge >= 0.3 is 0 Å². The molecule has 0 radical (unpaired) electrons. The molecule has 0 N–H and O–H groups in total. The third-order valence-electron chi connectivity index (χ3n) is 0.828. The lowest BCUT2D eigenvalue weighted by molar-refractivity contribution is 1.09. The van der Waals surface area contributed by atoms with Gasteiger partial charge in [0.05, 0.1) is 0 Å². The van der Waals surface area contributed by atoms with Crippen molar-refractivity contribution in [3.05, 3.63) is 30.1 Å². The number of pyridine rings is 1. The highest BCUT2D eigenvalue weighted by Gasteiger charge is 1.77. The Morgan fingerprint density at radius 1 is 1.20 bits per heavy atom. The van der Waals surface area contributed by atoms with E-state index in [4.69, 9.17) is 6.42 Å². The Morgan fingerprint density at radius 3 is 1.87 bits per heavy atom. The van der Waals surface area contributed by atoms with Crippen LogP contribution in [0, 0.1) is 12.3 Å². The lowest BCUT2D eigenvalue weighted by atomic mass is 10.3. The molecule has 1 heteroatoms.